The zero-order valence-corrected chi connectivity index (χ0v) is 38.1. The van der Waals surface area contributed by atoms with E-state index in [-0.39, 0.29) is 44.2 Å². The highest BCUT2D eigenvalue weighted by molar-refractivity contribution is 7.80. The minimum Gasteiger partial charge on any atom is -0.440 e. The van der Waals surface area contributed by atoms with Crippen molar-refractivity contribution in [2.75, 3.05) is 52.6 Å². The van der Waals surface area contributed by atoms with Crippen LogP contribution in [-0.4, -0.2) is 73.3 Å². The van der Waals surface area contributed by atoms with E-state index in [9.17, 15) is 18.0 Å². The summed E-state index contributed by atoms with van der Waals surface area (Å²) in [6.45, 7) is 3.71. The normalized spacial score (nSPS) is 19.6. The van der Waals surface area contributed by atoms with Gasteiger partial charge in [-0.05, 0) is 97.1 Å². The molecule has 2 saturated heterocycles. The second-order valence-electron chi connectivity index (χ2n) is 15.3. The zero-order valence-electron chi connectivity index (χ0n) is 34.2. The zero-order chi connectivity index (χ0) is 46.3. The molecule has 2 unspecified atom stereocenters. The van der Waals surface area contributed by atoms with Crippen LogP contribution >= 0.6 is 58.6 Å². The van der Waals surface area contributed by atoms with Crippen LogP contribution in [0.4, 0.5) is 17.6 Å². The number of nitrogens with zero attached hydrogens (tertiary/aromatic N) is 2. The topological polar surface area (TPSA) is 78.9 Å². The predicted octanol–water partition coefficient (Wildman–Crippen LogP) is 11.4. The standard InChI is InChI=1S/C24H17Cl2F2NO4.C24H17Cl2F2NO3S/c25-15-3-6-18(19(26)11-15)24(14-1-4-16(27)5-2-14)32-21-12-17(20(28)13-22(21)33-24)23(30)29-7-9-31-10-8-29;25-15-3-6-18(19(26)11-15)24(14-1-4-16(27)5-2-14)31-21-12-17(20(28)13-22(21)32-24)23(33)29-7-9-30-10-8-29/h2*1-6,11-13H,7-10H2. The van der Waals surface area contributed by atoms with Crippen molar-refractivity contribution in [3.05, 3.63) is 186 Å². The van der Waals surface area contributed by atoms with E-state index >= 15 is 4.39 Å². The Morgan fingerprint density at radius 3 is 1.30 bits per heavy atom. The quantitative estimate of drug-likeness (QED) is 0.120. The summed E-state index contributed by atoms with van der Waals surface area (Å²) in [6, 6.07) is 25.9. The number of hydrogen-bond donors (Lipinski definition) is 0. The van der Waals surface area contributed by atoms with Crippen LogP contribution in [0, 0.1) is 23.3 Å². The van der Waals surface area contributed by atoms with Crippen LogP contribution < -0.4 is 18.9 Å². The van der Waals surface area contributed by atoms with Crippen LogP contribution in [0.2, 0.25) is 20.1 Å². The fourth-order valence-electron chi connectivity index (χ4n) is 7.87. The summed E-state index contributed by atoms with van der Waals surface area (Å²) in [6.07, 6.45) is 0. The number of benzene rings is 6. The van der Waals surface area contributed by atoms with Crippen LogP contribution in [0.15, 0.2) is 109 Å². The lowest BCUT2D eigenvalue weighted by Gasteiger charge is -2.29. The molecule has 9 nitrogen and oxygen atoms in total. The van der Waals surface area contributed by atoms with Gasteiger partial charge in [-0.3, -0.25) is 4.79 Å². The predicted molar refractivity (Wildman–Crippen MR) is 243 cm³/mol. The highest BCUT2D eigenvalue weighted by atomic mass is 35.5. The Hall–Kier alpha value is -5.32. The molecule has 0 aliphatic carbocycles. The molecule has 6 aromatic rings. The molecule has 0 N–H and O–H groups in total. The van der Waals surface area contributed by atoms with Crippen molar-refractivity contribution in [2.24, 2.45) is 0 Å². The van der Waals surface area contributed by atoms with Gasteiger partial charge in [0.25, 0.3) is 5.91 Å². The lowest BCUT2D eigenvalue weighted by Crippen LogP contribution is -2.41. The summed E-state index contributed by atoms with van der Waals surface area (Å²) in [7, 11) is 0. The molecule has 0 saturated carbocycles. The second-order valence-corrected chi connectivity index (χ2v) is 17.3. The summed E-state index contributed by atoms with van der Waals surface area (Å²) in [5.74, 6) is -5.11. The van der Waals surface area contributed by atoms with Crippen molar-refractivity contribution in [1.82, 2.24) is 9.80 Å². The first-order valence-electron chi connectivity index (χ1n) is 20.3. The Kier molecular flexibility index (Phi) is 13.0. The summed E-state index contributed by atoms with van der Waals surface area (Å²) in [5.41, 5.74) is 1.81. The molecule has 6 aromatic carbocycles. The van der Waals surface area contributed by atoms with Crippen molar-refractivity contribution in [3.8, 4) is 23.0 Å². The first-order valence-corrected chi connectivity index (χ1v) is 22.3. The van der Waals surface area contributed by atoms with Gasteiger partial charge < -0.3 is 38.2 Å². The monoisotopic (exact) mass is 998 g/mol. The number of hydrogen-bond acceptors (Lipinski definition) is 8. The lowest BCUT2D eigenvalue weighted by atomic mass is 9.97. The number of ether oxygens (including phenoxy) is 6. The molecule has 4 aliphatic rings. The van der Waals surface area contributed by atoms with Crippen LogP contribution in [-0.2, 0) is 21.0 Å². The van der Waals surface area contributed by atoms with Gasteiger partial charge in [-0.1, -0.05) is 58.6 Å². The van der Waals surface area contributed by atoms with E-state index in [1.54, 1.807) is 30.3 Å². The number of carbonyl (C=O) groups is 1. The molecule has 1 amide bonds. The molecule has 10 rings (SSSR count). The van der Waals surface area contributed by atoms with Crippen molar-refractivity contribution < 1.29 is 50.8 Å². The third-order valence-electron chi connectivity index (χ3n) is 11.2. The maximum atomic E-state index is 15.1. The lowest BCUT2D eigenvalue weighted by molar-refractivity contribution is -0.0462. The molecule has 2 atom stereocenters. The van der Waals surface area contributed by atoms with Gasteiger partial charge in [0.2, 0.25) is 0 Å². The first-order chi connectivity index (χ1) is 31.7. The summed E-state index contributed by atoms with van der Waals surface area (Å²) < 4.78 is 92.9. The van der Waals surface area contributed by atoms with E-state index in [0.29, 0.717) is 89.9 Å². The Morgan fingerprint density at radius 1 is 0.500 bits per heavy atom. The smallest absolute Gasteiger partial charge is 0.307 e. The SMILES string of the molecule is Fc1ccc(C2(c3ccc(Cl)cc3Cl)Oc3cc(F)c(C(=S)N4CCOCC4)cc3O2)cc1.O=C(c1cc2c(cc1F)OC(c1ccc(F)cc1)(c1ccc(Cl)cc1Cl)O2)N1CCOCC1. The van der Waals surface area contributed by atoms with Crippen LogP contribution in [0.25, 0.3) is 0 Å². The van der Waals surface area contributed by atoms with Gasteiger partial charge in [0.15, 0.2) is 23.0 Å². The van der Waals surface area contributed by atoms with Crippen LogP contribution in [0.5, 0.6) is 23.0 Å². The van der Waals surface area contributed by atoms with E-state index in [1.807, 2.05) is 4.90 Å². The highest BCUT2D eigenvalue weighted by Gasteiger charge is 2.49. The summed E-state index contributed by atoms with van der Waals surface area (Å²) in [5, 5.41) is 1.35. The molecule has 4 heterocycles. The van der Waals surface area contributed by atoms with Gasteiger partial charge in [0, 0.05) is 65.0 Å². The number of rotatable bonds is 6. The third-order valence-corrected chi connectivity index (χ3v) is 12.7. The third kappa shape index (κ3) is 8.83. The average Bonchev–Trinajstić information content (AvgIpc) is 3.88. The number of fused-ring (bicyclic) bond motifs is 2. The van der Waals surface area contributed by atoms with Crippen molar-refractivity contribution in [1.29, 1.82) is 0 Å². The minimum atomic E-state index is -1.63. The second kappa shape index (κ2) is 18.8. The molecule has 340 valence electrons. The largest absolute Gasteiger partial charge is 0.440 e. The van der Waals surface area contributed by atoms with Crippen LogP contribution in [0.3, 0.4) is 0 Å². The van der Waals surface area contributed by atoms with Gasteiger partial charge in [0.05, 0.1) is 53.2 Å². The molecule has 18 heteroatoms. The molecular weight excluding hydrogens is 966 g/mol. The Labute approximate surface area is 401 Å². The van der Waals surface area contributed by atoms with Gasteiger partial charge in [-0.25, -0.2) is 17.6 Å². The molecule has 0 aromatic heterocycles. The average molecular weight is 1000 g/mol. The molecule has 0 bridgehead atoms. The maximum Gasteiger partial charge on any atom is 0.307 e. The Bertz CT molecular complexity index is 2660. The van der Waals surface area contributed by atoms with Gasteiger partial charge in [-0.2, -0.15) is 0 Å². The van der Waals surface area contributed by atoms with Crippen molar-refractivity contribution in [3.63, 3.8) is 0 Å². The van der Waals surface area contributed by atoms with Gasteiger partial charge in [-0.15, -0.1) is 0 Å². The number of amides is 1. The summed E-state index contributed by atoms with van der Waals surface area (Å²) >= 11 is 30.7. The fraction of sp³-hybridized carbons (Fsp3) is 0.208. The molecule has 4 aliphatic heterocycles. The highest BCUT2D eigenvalue weighted by Crippen LogP contribution is 2.52. The molecule has 66 heavy (non-hydrogen) atoms. The van der Waals surface area contributed by atoms with Crippen LogP contribution in [0.1, 0.15) is 38.2 Å². The van der Waals surface area contributed by atoms with E-state index < -0.39 is 40.8 Å². The number of morpholine rings is 2. The molecule has 2 fully saturated rings. The summed E-state index contributed by atoms with van der Waals surface area (Å²) in [4.78, 5) is 16.7. The number of carbonyl (C=O) groups excluding carboxylic acids is 1. The Morgan fingerprint density at radius 2 is 0.879 bits per heavy atom. The fourth-order valence-corrected chi connectivity index (χ4v) is 9.27. The maximum absolute atomic E-state index is 15.1. The molecule has 0 spiro atoms. The van der Waals surface area contributed by atoms with E-state index in [1.165, 1.54) is 77.7 Å². The first kappa shape index (κ1) is 45.8. The van der Waals surface area contributed by atoms with Gasteiger partial charge >= 0.3 is 11.6 Å². The number of halogens is 8. The van der Waals surface area contributed by atoms with E-state index in [4.69, 9.17) is 87.0 Å². The molecular formula is C48H34Cl4F4N2O7S. The minimum absolute atomic E-state index is 0.0846. The van der Waals surface area contributed by atoms with E-state index in [2.05, 4.69) is 0 Å². The van der Waals surface area contributed by atoms with E-state index in [0.717, 1.165) is 6.07 Å². The van der Waals surface area contributed by atoms with Gasteiger partial charge in [0.1, 0.15) is 28.3 Å². The van der Waals surface area contributed by atoms with Crippen molar-refractivity contribution in [2.45, 2.75) is 11.6 Å². The Balaban J connectivity index is 0.000000166. The molecule has 0 radical (unpaired) electrons. The van der Waals surface area contributed by atoms with Crippen molar-refractivity contribution >= 4 is 69.5 Å². The number of thiocarbonyl (C=S) groups is 1.